The number of aliphatic carboxylic acids is 1. The number of carbonyl (C=O) groups excluding carboxylic acids is 1. The van der Waals surface area contributed by atoms with Gasteiger partial charge < -0.3 is 24.6 Å². The van der Waals surface area contributed by atoms with Crippen LogP contribution in [0.2, 0.25) is 0 Å². The van der Waals surface area contributed by atoms with E-state index in [-0.39, 0.29) is 30.4 Å². The molecule has 0 aliphatic heterocycles. The van der Waals surface area contributed by atoms with Gasteiger partial charge in [0, 0.05) is 32.4 Å². The molecular weight excluding hydrogens is 460 g/mol. The summed E-state index contributed by atoms with van der Waals surface area (Å²) in [6, 6.07) is 0. The normalized spacial score (nSPS) is 15.2. The molecule has 0 aromatic carbocycles. The van der Waals surface area contributed by atoms with Gasteiger partial charge in [0.1, 0.15) is 17.7 Å². The third-order valence-electron chi connectivity index (χ3n) is 7.09. The maximum absolute atomic E-state index is 12.3. The van der Waals surface area contributed by atoms with Gasteiger partial charge >= 0.3 is 0 Å². The van der Waals surface area contributed by atoms with E-state index in [1.54, 1.807) is 14.1 Å². The summed E-state index contributed by atoms with van der Waals surface area (Å²) in [5.41, 5.74) is -1.58. The number of carbonyl (C=O) groups is 1. The fraction of sp³-hybridized carbons (Fsp3) is 0.958. The van der Waals surface area contributed by atoms with Crippen molar-refractivity contribution in [2.75, 3.05) is 39.6 Å². The van der Waals surface area contributed by atoms with Gasteiger partial charge in [0.05, 0.1) is 26.5 Å². The van der Waals surface area contributed by atoms with E-state index in [0.717, 1.165) is 19.3 Å². The molecule has 2 atom stereocenters. The highest BCUT2D eigenvalue weighted by atomic mass is 32.2. The number of likely N-dealkylation sites (N-methyl/N-ethyl adjacent to an activating group) is 1. The Hall–Kier alpha value is -0.780. The SMILES string of the molecule is CCCCCCCCCCCCNC(CCO)[N+](C)(C)C(CCO)(CCCS(=O)(=O)O)C(=O)[O-]. The maximum atomic E-state index is 12.3. The number of hydrogen-bond donors (Lipinski definition) is 4. The number of carboxylic acid groups (broad SMARTS) is 1. The highest BCUT2D eigenvalue weighted by Gasteiger charge is 2.50. The molecule has 10 heteroatoms. The van der Waals surface area contributed by atoms with Gasteiger partial charge in [0.15, 0.2) is 0 Å². The van der Waals surface area contributed by atoms with Crippen molar-refractivity contribution in [1.82, 2.24) is 5.32 Å². The van der Waals surface area contributed by atoms with Crippen molar-refractivity contribution in [3.05, 3.63) is 0 Å². The van der Waals surface area contributed by atoms with E-state index in [9.17, 15) is 28.5 Å². The molecule has 0 rings (SSSR count). The predicted molar refractivity (Wildman–Crippen MR) is 133 cm³/mol. The van der Waals surface area contributed by atoms with Gasteiger partial charge in [0.2, 0.25) is 0 Å². The maximum Gasteiger partial charge on any atom is 0.264 e. The van der Waals surface area contributed by atoms with Crippen LogP contribution in [0.5, 0.6) is 0 Å². The zero-order chi connectivity index (χ0) is 26.1. The van der Waals surface area contributed by atoms with Crippen LogP contribution in [0.25, 0.3) is 0 Å². The topological polar surface area (TPSA) is 147 Å². The van der Waals surface area contributed by atoms with Crippen molar-refractivity contribution in [1.29, 1.82) is 0 Å². The third-order valence-corrected chi connectivity index (χ3v) is 7.90. The summed E-state index contributed by atoms with van der Waals surface area (Å²) in [7, 11) is -0.837. The molecule has 0 saturated heterocycles. The average molecular weight is 511 g/mol. The van der Waals surface area contributed by atoms with Crippen molar-refractivity contribution in [3.63, 3.8) is 0 Å². The van der Waals surface area contributed by atoms with Crippen molar-refractivity contribution < 1.29 is 37.6 Å². The van der Waals surface area contributed by atoms with Crippen LogP contribution in [0.4, 0.5) is 0 Å². The van der Waals surface area contributed by atoms with Crippen molar-refractivity contribution in [3.8, 4) is 0 Å². The molecule has 0 aliphatic carbocycles. The third kappa shape index (κ3) is 12.3. The van der Waals surface area contributed by atoms with Crippen molar-refractivity contribution >= 4 is 16.1 Å². The molecule has 0 spiro atoms. The van der Waals surface area contributed by atoms with Crippen LogP contribution in [0.3, 0.4) is 0 Å². The standard InChI is InChI=1S/C24H50N2O7S/c1-4-5-6-7-8-9-10-11-12-13-18-25-22(15-19-27)26(2,3)24(17-20-28,23(29)30)16-14-21-34(31,32)33/h22,25,27-28H,4-21H2,1-3H3,(H-,29,30,31,32,33). The minimum absolute atomic E-state index is 0.0845. The molecule has 0 saturated carbocycles. The summed E-state index contributed by atoms with van der Waals surface area (Å²) < 4.78 is 31.2. The Kier molecular flexibility index (Phi) is 17.2. The van der Waals surface area contributed by atoms with Crippen LogP contribution in [0.15, 0.2) is 0 Å². The minimum Gasteiger partial charge on any atom is -0.544 e. The lowest BCUT2D eigenvalue weighted by atomic mass is 9.85. The summed E-state index contributed by atoms with van der Waals surface area (Å²) in [6.45, 7) is 2.32. The first-order valence-corrected chi connectivity index (χ1v) is 14.5. The van der Waals surface area contributed by atoms with Crippen LogP contribution in [-0.4, -0.2) is 84.9 Å². The highest BCUT2D eigenvalue weighted by Crippen LogP contribution is 2.33. The number of unbranched alkanes of at least 4 members (excludes halogenated alkanes) is 9. The highest BCUT2D eigenvalue weighted by molar-refractivity contribution is 7.85. The number of rotatable bonds is 23. The molecule has 2 unspecified atom stereocenters. The summed E-state index contributed by atoms with van der Waals surface area (Å²) in [5, 5.41) is 35.0. The first kappa shape index (κ1) is 33.2. The second-order valence-corrected chi connectivity index (χ2v) is 11.5. The lowest BCUT2D eigenvalue weighted by Gasteiger charge is -2.53. The number of quaternary nitrogens is 1. The zero-order valence-electron chi connectivity index (χ0n) is 21.6. The van der Waals surface area contributed by atoms with Gasteiger partial charge in [-0.25, -0.2) is 0 Å². The van der Waals surface area contributed by atoms with E-state index < -0.39 is 40.2 Å². The van der Waals surface area contributed by atoms with E-state index in [0.29, 0.717) is 13.0 Å². The molecule has 0 heterocycles. The first-order valence-electron chi connectivity index (χ1n) is 12.9. The molecule has 0 aliphatic rings. The molecule has 204 valence electrons. The quantitative estimate of drug-likeness (QED) is 0.0704. The average Bonchev–Trinajstić information content (AvgIpc) is 2.74. The smallest absolute Gasteiger partial charge is 0.264 e. The van der Waals surface area contributed by atoms with Crippen LogP contribution in [0, 0.1) is 0 Å². The van der Waals surface area contributed by atoms with Crippen LogP contribution >= 0.6 is 0 Å². The van der Waals surface area contributed by atoms with Gasteiger partial charge in [-0.15, -0.1) is 0 Å². The lowest BCUT2D eigenvalue weighted by molar-refractivity contribution is -0.961. The fourth-order valence-corrected chi connectivity index (χ4v) is 5.34. The second-order valence-electron chi connectivity index (χ2n) is 9.89. The first-order chi connectivity index (χ1) is 16.0. The Balaban J connectivity index is 4.94. The molecule has 4 N–H and O–H groups in total. The van der Waals surface area contributed by atoms with E-state index >= 15 is 0 Å². The molecule has 0 aromatic rings. The Bertz CT molecular complexity index is 643. The van der Waals surface area contributed by atoms with E-state index in [2.05, 4.69) is 12.2 Å². The second kappa shape index (κ2) is 17.6. The molecule has 9 nitrogen and oxygen atoms in total. The monoisotopic (exact) mass is 510 g/mol. The number of nitrogens with one attached hydrogen (secondary N) is 1. The molecule has 0 bridgehead atoms. The molecule has 34 heavy (non-hydrogen) atoms. The zero-order valence-corrected chi connectivity index (χ0v) is 22.5. The minimum atomic E-state index is -4.24. The number of hydrogen-bond acceptors (Lipinski definition) is 7. The number of aliphatic hydroxyl groups is 2. The van der Waals surface area contributed by atoms with Crippen LogP contribution in [0.1, 0.15) is 96.8 Å². The van der Waals surface area contributed by atoms with Crippen LogP contribution < -0.4 is 10.4 Å². The van der Waals surface area contributed by atoms with E-state index in [1.807, 2.05) is 0 Å². The number of aliphatic hydroxyl groups excluding tert-OH is 2. The van der Waals surface area contributed by atoms with E-state index in [4.69, 9.17) is 4.55 Å². The molecular formula is C24H50N2O7S. The van der Waals surface area contributed by atoms with Crippen molar-refractivity contribution in [2.24, 2.45) is 0 Å². The number of carboxylic acids is 1. The summed E-state index contributed by atoms with van der Waals surface area (Å²) in [4.78, 5) is 12.3. The largest absolute Gasteiger partial charge is 0.544 e. The lowest BCUT2D eigenvalue weighted by Crippen LogP contribution is -2.74. The molecule has 0 radical (unpaired) electrons. The number of nitrogens with zero attached hydrogens (tertiary/aromatic N) is 1. The Morgan fingerprint density at radius 2 is 1.44 bits per heavy atom. The van der Waals surface area contributed by atoms with Gasteiger partial charge in [-0.3, -0.25) is 9.87 Å². The molecule has 0 amide bonds. The summed E-state index contributed by atoms with van der Waals surface area (Å²) in [6.07, 6.45) is 11.7. The van der Waals surface area contributed by atoms with Gasteiger partial charge in [-0.2, -0.15) is 8.42 Å². The Morgan fingerprint density at radius 3 is 1.88 bits per heavy atom. The van der Waals surface area contributed by atoms with E-state index in [1.165, 1.54) is 44.9 Å². The van der Waals surface area contributed by atoms with Gasteiger partial charge in [0.25, 0.3) is 10.1 Å². The summed E-state index contributed by atoms with van der Waals surface area (Å²) in [5.74, 6) is -1.95. The van der Waals surface area contributed by atoms with Gasteiger partial charge in [-0.05, 0) is 12.8 Å². The Morgan fingerprint density at radius 1 is 0.912 bits per heavy atom. The molecule has 0 fully saturated rings. The van der Waals surface area contributed by atoms with Crippen LogP contribution in [-0.2, 0) is 14.9 Å². The predicted octanol–water partition coefficient (Wildman–Crippen LogP) is 1.82. The summed E-state index contributed by atoms with van der Waals surface area (Å²) >= 11 is 0. The fourth-order valence-electron chi connectivity index (χ4n) is 4.83. The molecule has 0 aromatic heterocycles. The van der Waals surface area contributed by atoms with Crippen molar-refractivity contribution in [2.45, 2.75) is 109 Å². The Labute approximate surface area is 207 Å². The van der Waals surface area contributed by atoms with Gasteiger partial charge in [-0.1, -0.05) is 64.7 Å².